The van der Waals surface area contributed by atoms with Gasteiger partial charge in [0.2, 0.25) is 21.8 Å². The fourth-order valence-corrected chi connectivity index (χ4v) is 4.70. The van der Waals surface area contributed by atoms with Crippen LogP contribution in [0.4, 0.5) is 5.69 Å². The van der Waals surface area contributed by atoms with Crippen LogP contribution in [-0.2, 0) is 19.6 Å². The molecule has 8 nitrogen and oxygen atoms in total. The topological polar surface area (TPSA) is 116 Å². The third-order valence-electron chi connectivity index (χ3n) is 4.82. The van der Waals surface area contributed by atoms with E-state index in [9.17, 15) is 23.1 Å². The Kier molecular flexibility index (Phi) is 7.43. The Morgan fingerprint density at radius 1 is 1.06 bits per heavy atom. The maximum Gasteiger partial charge on any atom is 0.244 e. The number of hydrogen-bond acceptors (Lipinski definition) is 5. The quantitative estimate of drug-likeness (QED) is 0.428. The van der Waals surface area contributed by atoms with E-state index in [1.807, 2.05) is 30.3 Å². The van der Waals surface area contributed by atoms with Crippen LogP contribution in [-0.4, -0.2) is 49.3 Å². The highest BCUT2D eigenvalue weighted by Gasteiger charge is 2.27. The van der Waals surface area contributed by atoms with Crippen LogP contribution >= 0.6 is 0 Å². The van der Waals surface area contributed by atoms with E-state index in [0.29, 0.717) is 13.1 Å². The van der Waals surface area contributed by atoms with Gasteiger partial charge >= 0.3 is 0 Å². The van der Waals surface area contributed by atoms with Crippen LogP contribution in [0.5, 0.6) is 5.75 Å². The minimum Gasteiger partial charge on any atom is -0.506 e. The van der Waals surface area contributed by atoms with Crippen molar-refractivity contribution in [3.05, 3.63) is 60.2 Å². The summed E-state index contributed by atoms with van der Waals surface area (Å²) >= 11 is 0. The molecule has 2 amide bonds. The average Bonchev–Trinajstić information content (AvgIpc) is 3.30. The van der Waals surface area contributed by atoms with Crippen LogP contribution in [0.2, 0.25) is 0 Å². The Balaban J connectivity index is 1.53. The number of rotatable bonds is 8. The van der Waals surface area contributed by atoms with Crippen molar-refractivity contribution >= 4 is 33.6 Å². The molecule has 0 radical (unpaired) electrons. The van der Waals surface area contributed by atoms with E-state index in [0.717, 1.165) is 18.4 Å². The monoisotopic (exact) mass is 443 g/mol. The predicted molar refractivity (Wildman–Crippen MR) is 118 cm³/mol. The second-order valence-electron chi connectivity index (χ2n) is 7.12. The van der Waals surface area contributed by atoms with E-state index >= 15 is 0 Å². The summed E-state index contributed by atoms with van der Waals surface area (Å²) in [6, 6.07) is 13.1. The first-order valence-corrected chi connectivity index (χ1v) is 11.4. The second-order valence-corrected chi connectivity index (χ2v) is 9.06. The van der Waals surface area contributed by atoms with Gasteiger partial charge in [-0.3, -0.25) is 9.59 Å². The van der Waals surface area contributed by atoms with Crippen molar-refractivity contribution in [3.63, 3.8) is 0 Å². The molecule has 0 saturated carbocycles. The summed E-state index contributed by atoms with van der Waals surface area (Å²) in [5, 5.41) is 15.1. The van der Waals surface area contributed by atoms with E-state index in [1.54, 1.807) is 6.08 Å². The van der Waals surface area contributed by atoms with Gasteiger partial charge in [-0.05, 0) is 42.7 Å². The van der Waals surface area contributed by atoms with Crippen molar-refractivity contribution in [1.82, 2.24) is 9.62 Å². The zero-order valence-corrected chi connectivity index (χ0v) is 17.8. The number of carbonyl (C=O) groups excluding carboxylic acids is 2. The van der Waals surface area contributed by atoms with E-state index in [2.05, 4.69) is 10.6 Å². The number of nitrogens with one attached hydrogen (secondary N) is 2. The van der Waals surface area contributed by atoms with Crippen LogP contribution in [0.1, 0.15) is 24.8 Å². The number of anilines is 1. The van der Waals surface area contributed by atoms with Gasteiger partial charge in [0.25, 0.3) is 0 Å². The van der Waals surface area contributed by atoms with Crippen molar-refractivity contribution in [3.8, 4) is 5.75 Å². The smallest absolute Gasteiger partial charge is 0.244 e. The van der Waals surface area contributed by atoms with E-state index in [4.69, 9.17) is 0 Å². The number of aromatic hydroxyl groups is 1. The highest BCUT2D eigenvalue weighted by atomic mass is 32.2. The second kappa shape index (κ2) is 10.2. The number of hydrogen-bond donors (Lipinski definition) is 3. The third-order valence-corrected chi connectivity index (χ3v) is 6.72. The molecule has 2 aromatic rings. The van der Waals surface area contributed by atoms with Gasteiger partial charge in [-0.15, -0.1) is 0 Å². The Morgan fingerprint density at radius 2 is 1.77 bits per heavy atom. The number of carbonyl (C=O) groups is 2. The molecule has 31 heavy (non-hydrogen) atoms. The van der Waals surface area contributed by atoms with E-state index in [-0.39, 0.29) is 35.2 Å². The van der Waals surface area contributed by atoms with Crippen molar-refractivity contribution < 1.29 is 23.1 Å². The zero-order valence-electron chi connectivity index (χ0n) is 17.0. The van der Waals surface area contributed by atoms with Gasteiger partial charge in [-0.1, -0.05) is 30.3 Å². The average molecular weight is 444 g/mol. The molecule has 2 aromatic carbocycles. The van der Waals surface area contributed by atoms with Crippen LogP contribution in [0.3, 0.4) is 0 Å². The fraction of sp³-hybridized carbons (Fsp3) is 0.273. The first-order valence-electron chi connectivity index (χ1n) is 10.0. The van der Waals surface area contributed by atoms with Crippen LogP contribution in [0, 0.1) is 0 Å². The molecule has 1 heterocycles. The van der Waals surface area contributed by atoms with E-state index < -0.39 is 15.9 Å². The standard InChI is InChI=1S/C22H25N3O5S/c26-20-10-9-18(31(29,30)25-14-4-5-15-25)16-19(20)24-22(28)12-13-23-21(27)11-8-17-6-2-1-3-7-17/h1-3,6-11,16,26H,4-5,12-15H2,(H,23,27)(H,24,28). The molecule has 3 N–H and O–H groups in total. The fourth-order valence-electron chi connectivity index (χ4n) is 3.16. The Bertz CT molecular complexity index is 1060. The van der Waals surface area contributed by atoms with Crippen molar-refractivity contribution in [2.24, 2.45) is 0 Å². The minimum atomic E-state index is -3.66. The molecule has 1 saturated heterocycles. The molecule has 164 valence electrons. The molecule has 1 aliphatic heterocycles. The lowest BCUT2D eigenvalue weighted by molar-refractivity contribution is -0.117. The minimum absolute atomic E-state index is 0.0144. The highest BCUT2D eigenvalue weighted by molar-refractivity contribution is 7.89. The number of nitrogens with zero attached hydrogens (tertiary/aromatic N) is 1. The summed E-state index contributed by atoms with van der Waals surface area (Å²) in [6.45, 7) is 1.02. The number of amides is 2. The molecule has 0 aliphatic carbocycles. The summed E-state index contributed by atoms with van der Waals surface area (Å²) < 4.78 is 26.7. The molecule has 9 heteroatoms. The summed E-state index contributed by atoms with van der Waals surface area (Å²) in [5.74, 6) is -1.03. The molecule has 0 unspecified atom stereocenters. The predicted octanol–water partition coefficient (Wildman–Crippen LogP) is 2.33. The Morgan fingerprint density at radius 3 is 2.48 bits per heavy atom. The largest absolute Gasteiger partial charge is 0.506 e. The summed E-state index contributed by atoms with van der Waals surface area (Å²) in [7, 11) is -3.66. The van der Waals surface area contributed by atoms with Gasteiger partial charge in [-0.2, -0.15) is 4.31 Å². The van der Waals surface area contributed by atoms with Crippen molar-refractivity contribution in [2.75, 3.05) is 25.0 Å². The third kappa shape index (κ3) is 6.16. The molecule has 0 aromatic heterocycles. The van der Waals surface area contributed by atoms with Crippen LogP contribution in [0.15, 0.2) is 59.5 Å². The number of phenolic OH excluding ortho intramolecular Hbond substituents is 1. The van der Waals surface area contributed by atoms with Gasteiger partial charge in [0.05, 0.1) is 10.6 Å². The first-order chi connectivity index (χ1) is 14.9. The Hall–Kier alpha value is -3.17. The molecule has 3 rings (SSSR count). The summed E-state index contributed by atoms with van der Waals surface area (Å²) in [5.41, 5.74) is 0.898. The molecular weight excluding hydrogens is 418 g/mol. The summed E-state index contributed by atoms with van der Waals surface area (Å²) in [6.07, 6.45) is 4.64. The molecule has 1 aliphatic rings. The van der Waals surface area contributed by atoms with Gasteiger partial charge in [0.1, 0.15) is 5.75 Å². The van der Waals surface area contributed by atoms with Crippen molar-refractivity contribution in [2.45, 2.75) is 24.2 Å². The lowest BCUT2D eigenvalue weighted by Gasteiger charge is -2.16. The lowest BCUT2D eigenvalue weighted by Crippen LogP contribution is -2.28. The Labute approximate surface area is 181 Å². The molecule has 0 atom stereocenters. The molecule has 1 fully saturated rings. The lowest BCUT2D eigenvalue weighted by atomic mass is 10.2. The van der Waals surface area contributed by atoms with Crippen LogP contribution in [0.25, 0.3) is 6.08 Å². The normalized spacial score (nSPS) is 14.6. The number of benzene rings is 2. The maximum atomic E-state index is 12.7. The highest BCUT2D eigenvalue weighted by Crippen LogP contribution is 2.29. The van der Waals surface area contributed by atoms with E-state index in [1.165, 1.54) is 28.6 Å². The maximum absolute atomic E-state index is 12.7. The zero-order chi connectivity index (χ0) is 22.3. The first kappa shape index (κ1) is 22.5. The number of sulfonamides is 1. The number of phenols is 1. The van der Waals surface area contributed by atoms with Crippen molar-refractivity contribution in [1.29, 1.82) is 0 Å². The molecule has 0 bridgehead atoms. The SMILES string of the molecule is O=C(C=Cc1ccccc1)NCCC(=O)Nc1cc(S(=O)(=O)N2CCCC2)ccc1O. The molecular formula is C22H25N3O5S. The molecule has 0 spiro atoms. The van der Waals surface area contributed by atoms with Gasteiger partial charge in [-0.25, -0.2) is 8.42 Å². The summed E-state index contributed by atoms with van der Waals surface area (Å²) in [4.78, 5) is 24.1. The van der Waals surface area contributed by atoms with Gasteiger partial charge in [0.15, 0.2) is 0 Å². The van der Waals surface area contributed by atoms with Crippen LogP contribution < -0.4 is 10.6 Å². The van der Waals surface area contributed by atoms with Gasteiger partial charge in [0, 0.05) is 32.1 Å². The van der Waals surface area contributed by atoms with Gasteiger partial charge < -0.3 is 15.7 Å².